The van der Waals surface area contributed by atoms with E-state index < -0.39 is 32.2 Å². The Balaban J connectivity index is 2.15. The number of nitrogens with one attached hydrogen (secondary N) is 1. The predicted octanol–water partition coefficient (Wildman–Crippen LogP) is 2.77. The fraction of sp³-hybridized carbons (Fsp3) is 0.286. The molecular formula is C14H13F3N2O4S. The van der Waals surface area contributed by atoms with Crippen LogP contribution in [0.4, 0.5) is 13.2 Å². The zero-order valence-electron chi connectivity index (χ0n) is 12.6. The molecule has 0 unspecified atom stereocenters. The van der Waals surface area contributed by atoms with Crippen LogP contribution in [0.15, 0.2) is 39.8 Å². The van der Waals surface area contributed by atoms with Gasteiger partial charge in [-0.2, -0.15) is 13.2 Å². The molecule has 0 spiro atoms. The minimum absolute atomic E-state index is 0.00579. The van der Waals surface area contributed by atoms with E-state index in [1.54, 1.807) is 13.8 Å². The normalized spacial score (nSPS) is 13.5. The maximum absolute atomic E-state index is 12.5. The quantitative estimate of drug-likeness (QED) is 0.903. The Kier molecular flexibility index (Phi) is 4.70. The van der Waals surface area contributed by atoms with Gasteiger partial charge in [-0.3, -0.25) is 4.79 Å². The van der Waals surface area contributed by atoms with Crippen molar-refractivity contribution >= 4 is 15.7 Å². The molecule has 0 radical (unpaired) electrons. The molecule has 1 aromatic carbocycles. The zero-order valence-corrected chi connectivity index (χ0v) is 13.4. The first-order chi connectivity index (χ1) is 11.0. The van der Waals surface area contributed by atoms with Crippen LogP contribution in [0.25, 0.3) is 0 Å². The highest BCUT2D eigenvalue weighted by Crippen LogP contribution is 2.30. The zero-order chi connectivity index (χ0) is 18.1. The number of oxazole rings is 1. The summed E-state index contributed by atoms with van der Waals surface area (Å²) in [5, 5.41) is 2.55. The number of nitrogens with zero attached hydrogens (tertiary/aromatic N) is 1. The molecule has 1 amide bonds. The van der Waals surface area contributed by atoms with Crippen LogP contribution in [0.3, 0.4) is 0 Å². The smallest absolute Gasteiger partial charge is 0.444 e. The average Bonchev–Trinajstić information content (AvgIpc) is 2.93. The van der Waals surface area contributed by atoms with Crippen LogP contribution in [-0.2, 0) is 9.84 Å². The fourth-order valence-corrected chi connectivity index (χ4v) is 2.59. The van der Waals surface area contributed by atoms with E-state index in [4.69, 9.17) is 4.42 Å². The summed E-state index contributed by atoms with van der Waals surface area (Å²) in [6.07, 6.45) is 1.48. The van der Waals surface area contributed by atoms with Gasteiger partial charge >= 0.3 is 5.51 Å². The maximum atomic E-state index is 12.5. The molecule has 6 nitrogen and oxygen atoms in total. The van der Waals surface area contributed by atoms with Crippen molar-refractivity contribution < 1.29 is 30.8 Å². The van der Waals surface area contributed by atoms with Gasteiger partial charge in [0, 0.05) is 5.56 Å². The molecule has 1 aromatic heterocycles. The van der Waals surface area contributed by atoms with Crippen LogP contribution < -0.4 is 5.32 Å². The molecule has 1 atom stereocenters. The summed E-state index contributed by atoms with van der Waals surface area (Å²) in [5.41, 5.74) is -5.39. The molecule has 1 N–H and O–H groups in total. The summed E-state index contributed by atoms with van der Waals surface area (Å²) in [4.78, 5) is 15.1. The van der Waals surface area contributed by atoms with Crippen LogP contribution in [0.2, 0.25) is 0 Å². The first kappa shape index (κ1) is 18.0. The van der Waals surface area contributed by atoms with Crippen molar-refractivity contribution in [1.29, 1.82) is 0 Å². The molecule has 0 aliphatic carbocycles. The molecule has 0 saturated heterocycles. The molecule has 0 aliphatic rings. The lowest BCUT2D eigenvalue weighted by molar-refractivity contribution is -0.0436. The Labute approximate surface area is 135 Å². The molecule has 10 heteroatoms. The number of sulfone groups is 1. The standard InChI is InChI=1S/C14H13F3N2O4S/c1-8-7-18-13(23-8)9(2)19-12(20)10-3-5-11(6-4-10)24(21,22)14(15,16)17/h3-7,9H,1-2H3,(H,19,20)/t9-/m1/s1. The van der Waals surface area contributed by atoms with Gasteiger partial charge in [-0.05, 0) is 38.1 Å². The van der Waals surface area contributed by atoms with Crippen LogP contribution in [0, 0.1) is 6.92 Å². The van der Waals surface area contributed by atoms with Crippen molar-refractivity contribution in [2.45, 2.75) is 30.3 Å². The second-order valence-electron chi connectivity index (χ2n) is 4.98. The first-order valence-corrected chi connectivity index (χ1v) is 8.15. The topological polar surface area (TPSA) is 89.3 Å². The summed E-state index contributed by atoms with van der Waals surface area (Å²) < 4.78 is 65.1. The molecule has 0 saturated carbocycles. The third-order valence-corrected chi connectivity index (χ3v) is 4.59. The summed E-state index contributed by atoms with van der Waals surface area (Å²) in [6, 6.07) is 2.91. The highest BCUT2D eigenvalue weighted by molar-refractivity contribution is 7.92. The minimum atomic E-state index is -5.44. The van der Waals surface area contributed by atoms with Gasteiger partial charge in [0.05, 0.1) is 11.1 Å². The largest absolute Gasteiger partial charge is 0.501 e. The van der Waals surface area contributed by atoms with Crippen molar-refractivity contribution in [2.75, 3.05) is 0 Å². The molecule has 2 aromatic rings. The van der Waals surface area contributed by atoms with E-state index in [0.29, 0.717) is 5.76 Å². The summed E-state index contributed by atoms with van der Waals surface area (Å²) >= 11 is 0. The third kappa shape index (κ3) is 3.58. The van der Waals surface area contributed by atoms with Gasteiger partial charge in [-0.15, -0.1) is 0 Å². The summed E-state index contributed by atoms with van der Waals surface area (Å²) in [5.74, 6) is 0.235. The summed E-state index contributed by atoms with van der Waals surface area (Å²) in [6.45, 7) is 3.30. The number of alkyl halides is 3. The molecule has 1 heterocycles. The molecule has 0 fully saturated rings. The molecule has 2 rings (SSSR count). The molecule has 24 heavy (non-hydrogen) atoms. The van der Waals surface area contributed by atoms with E-state index in [1.165, 1.54) is 6.20 Å². The maximum Gasteiger partial charge on any atom is 0.501 e. The van der Waals surface area contributed by atoms with Crippen LogP contribution in [0.5, 0.6) is 0 Å². The Morgan fingerprint density at radius 3 is 2.29 bits per heavy atom. The summed E-state index contributed by atoms with van der Waals surface area (Å²) in [7, 11) is -5.44. The van der Waals surface area contributed by atoms with Gasteiger partial charge in [0.15, 0.2) is 0 Å². The van der Waals surface area contributed by atoms with Crippen LogP contribution >= 0.6 is 0 Å². The lowest BCUT2D eigenvalue weighted by Gasteiger charge is -2.11. The minimum Gasteiger partial charge on any atom is -0.444 e. The van der Waals surface area contributed by atoms with Gasteiger partial charge in [-0.25, -0.2) is 13.4 Å². The lowest BCUT2D eigenvalue weighted by Crippen LogP contribution is -2.27. The van der Waals surface area contributed by atoms with E-state index in [2.05, 4.69) is 10.3 Å². The van der Waals surface area contributed by atoms with E-state index in [-0.39, 0.29) is 11.5 Å². The number of amides is 1. The number of carbonyl (C=O) groups is 1. The SMILES string of the molecule is Cc1cnc([C@@H](C)NC(=O)c2ccc(S(=O)(=O)C(F)(F)F)cc2)o1. The second-order valence-corrected chi connectivity index (χ2v) is 6.92. The Morgan fingerprint density at radius 2 is 1.83 bits per heavy atom. The first-order valence-electron chi connectivity index (χ1n) is 6.67. The number of aromatic nitrogens is 1. The molecule has 0 bridgehead atoms. The average molecular weight is 362 g/mol. The fourth-order valence-electron chi connectivity index (χ4n) is 1.83. The Bertz CT molecular complexity index is 842. The highest BCUT2D eigenvalue weighted by atomic mass is 32.2. The van der Waals surface area contributed by atoms with Crippen molar-refractivity contribution in [3.05, 3.63) is 47.7 Å². The highest BCUT2D eigenvalue weighted by Gasteiger charge is 2.46. The molecular weight excluding hydrogens is 349 g/mol. The Morgan fingerprint density at radius 1 is 1.25 bits per heavy atom. The number of aryl methyl sites for hydroxylation is 1. The number of hydrogen-bond donors (Lipinski definition) is 1. The third-order valence-electron chi connectivity index (χ3n) is 3.09. The van der Waals surface area contributed by atoms with Crippen LogP contribution in [-0.4, -0.2) is 24.8 Å². The van der Waals surface area contributed by atoms with Crippen molar-refractivity contribution in [3.8, 4) is 0 Å². The van der Waals surface area contributed by atoms with Crippen molar-refractivity contribution in [3.63, 3.8) is 0 Å². The van der Waals surface area contributed by atoms with Gasteiger partial charge in [-0.1, -0.05) is 0 Å². The predicted molar refractivity (Wildman–Crippen MR) is 76.8 cm³/mol. The van der Waals surface area contributed by atoms with Gasteiger partial charge < -0.3 is 9.73 Å². The van der Waals surface area contributed by atoms with E-state index >= 15 is 0 Å². The lowest BCUT2D eigenvalue weighted by atomic mass is 10.2. The monoisotopic (exact) mass is 362 g/mol. The Hall–Kier alpha value is -2.36. The molecule has 130 valence electrons. The number of rotatable bonds is 4. The number of carbonyl (C=O) groups excluding carboxylic acids is 1. The van der Waals surface area contributed by atoms with Crippen molar-refractivity contribution in [1.82, 2.24) is 10.3 Å². The van der Waals surface area contributed by atoms with Gasteiger partial charge in [0.1, 0.15) is 11.8 Å². The number of hydrogen-bond acceptors (Lipinski definition) is 5. The van der Waals surface area contributed by atoms with Gasteiger partial charge in [0.2, 0.25) is 5.89 Å². The van der Waals surface area contributed by atoms with E-state index in [0.717, 1.165) is 24.3 Å². The van der Waals surface area contributed by atoms with Crippen molar-refractivity contribution in [2.24, 2.45) is 0 Å². The van der Waals surface area contributed by atoms with E-state index in [9.17, 15) is 26.4 Å². The number of halogens is 3. The van der Waals surface area contributed by atoms with Gasteiger partial charge in [0.25, 0.3) is 15.7 Å². The number of benzene rings is 1. The van der Waals surface area contributed by atoms with Crippen LogP contribution in [0.1, 0.15) is 35.0 Å². The van der Waals surface area contributed by atoms with E-state index in [1.807, 2.05) is 0 Å². The molecule has 0 aliphatic heterocycles. The second kappa shape index (κ2) is 6.27.